The van der Waals surface area contributed by atoms with Crippen molar-refractivity contribution < 1.29 is 5.11 Å². The van der Waals surface area contributed by atoms with E-state index in [2.05, 4.69) is 38.4 Å². The van der Waals surface area contributed by atoms with Crippen LogP contribution in [0.2, 0.25) is 0 Å². The number of rotatable bonds is 4. The molecule has 1 aromatic rings. The summed E-state index contributed by atoms with van der Waals surface area (Å²) >= 11 is 0. The van der Waals surface area contributed by atoms with Crippen LogP contribution in [0.25, 0.3) is 0 Å². The van der Waals surface area contributed by atoms with Gasteiger partial charge < -0.3 is 10.0 Å². The summed E-state index contributed by atoms with van der Waals surface area (Å²) in [4.78, 5) is 6.44. The van der Waals surface area contributed by atoms with Crippen molar-refractivity contribution in [1.29, 1.82) is 0 Å². The highest BCUT2D eigenvalue weighted by Crippen LogP contribution is 2.29. The van der Waals surface area contributed by atoms with Crippen LogP contribution in [0.5, 0.6) is 0 Å². The SMILES string of the molecule is C=C1CCc2cc(C)cnc2N1CCO.CCCC(C)C. The van der Waals surface area contributed by atoms with Gasteiger partial charge in [0.25, 0.3) is 0 Å². The van der Waals surface area contributed by atoms with Crippen molar-refractivity contribution in [3.05, 3.63) is 35.7 Å². The Balaban J connectivity index is 0.000000315. The van der Waals surface area contributed by atoms with Crippen LogP contribution >= 0.6 is 0 Å². The molecule has 0 radical (unpaired) electrons. The maximum Gasteiger partial charge on any atom is 0.135 e. The standard InChI is InChI=1S/C12H16N2O.C6H14/c1-9-7-11-4-3-10(2)14(5-6-15)12(11)13-8-9;1-4-5-6(2)3/h7-8,15H,2-6H2,1H3;6H,4-5H2,1-3H3. The fourth-order valence-electron chi connectivity index (χ4n) is 2.55. The van der Waals surface area contributed by atoms with Crippen LogP contribution in [0.1, 0.15) is 51.2 Å². The Morgan fingerprint density at radius 2 is 2.10 bits per heavy atom. The van der Waals surface area contributed by atoms with Gasteiger partial charge in [-0.15, -0.1) is 0 Å². The van der Waals surface area contributed by atoms with Crippen LogP contribution in [-0.2, 0) is 6.42 Å². The maximum absolute atomic E-state index is 9.01. The Labute approximate surface area is 129 Å². The topological polar surface area (TPSA) is 36.4 Å². The quantitative estimate of drug-likeness (QED) is 0.907. The first-order valence-corrected chi connectivity index (χ1v) is 8.01. The molecule has 1 aliphatic heterocycles. The van der Waals surface area contributed by atoms with E-state index < -0.39 is 0 Å². The number of nitrogens with zero attached hydrogens (tertiary/aromatic N) is 2. The Bertz CT molecular complexity index is 455. The molecule has 0 amide bonds. The number of hydrogen-bond donors (Lipinski definition) is 1. The number of aromatic nitrogens is 1. The van der Waals surface area contributed by atoms with Gasteiger partial charge in [0.2, 0.25) is 0 Å². The van der Waals surface area contributed by atoms with Crippen molar-refractivity contribution in [1.82, 2.24) is 4.98 Å². The average molecular weight is 290 g/mol. The number of aryl methyl sites for hydroxylation is 2. The Morgan fingerprint density at radius 1 is 1.38 bits per heavy atom. The van der Waals surface area contributed by atoms with E-state index in [9.17, 15) is 0 Å². The molecular formula is C18H30N2O. The van der Waals surface area contributed by atoms with E-state index in [1.807, 2.05) is 18.0 Å². The number of hydrogen-bond acceptors (Lipinski definition) is 3. The van der Waals surface area contributed by atoms with Gasteiger partial charge in [-0.05, 0) is 36.8 Å². The van der Waals surface area contributed by atoms with Crippen LogP contribution in [0.3, 0.4) is 0 Å². The zero-order chi connectivity index (χ0) is 15.8. The second kappa shape index (κ2) is 8.83. The molecule has 1 aromatic heterocycles. The average Bonchev–Trinajstić information content (AvgIpc) is 2.43. The smallest absolute Gasteiger partial charge is 0.135 e. The molecule has 3 heteroatoms. The third-order valence-corrected chi connectivity index (χ3v) is 3.59. The molecule has 1 aliphatic rings. The lowest BCUT2D eigenvalue weighted by atomic mass is 10.0. The molecule has 0 spiro atoms. The summed E-state index contributed by atoms with van der Waals surface area (Å²) < 4.78 is 0. The second-order valence-corrected chi connectivity index (χ2v) is 6.12. The van der Waals surface area contributed by atoms with Crippen LogP contribution in [-0.4, -0.2) is 23.2 Å². The van der Waals surface area contributed by atoms with Gasteiger partial charge in [-0.2, -0.15) is 0 Å². The highest BCUT2D eigenvalue weighted by Gasteiger charge is 2.20. The largest absolute Gasteiger partial charge is 0.395 e. The van der Waals surface area contributed by atoms with E-state index in [4.69, 9.17) is 5.11 Å². The molecule has 0 fully saturated rings. The van der Waals surface area contributed by atoms with E-state index >= 15 is 0 Å². The van der Waals surface area contributed by atoms with Gasteiger partial charge >= 0.3 is 0 Å². The van der Waals surface area contributed by atoms with Crippen molar-refractivity contribution in [2.75, 3.05) is 18.1 Å². The summed E-state index contributed by atoms with van der Waals surface area (Å²) in [5.41, 5.74) is 3.49. The molecule has 0 aliphatic carbocycles. The van der Waals surface area contributed by atoms with Gasteiger partial charge in [-0.3, -0.25) is 0 Å². The number of fused-ring (bicyclic) bond motifs is 1. The minimum atomic E-state index is 0.133. The molecule has 0 unspecified atom stereocenters. The molecule has 3 nitrogen and oxygen atoms in total. The lowest BCUT2D eigenvalue weighted by Crippen LogP contribution is -2.30. The van der Waals surface area contributed by atoms with Gasteiger partial charge in [-0.25, -0.2) is 4.98 Å². The zero-order valence-electron chi connectivity index (χ0n) is 14.0. The van der Waals surface area contributed by atoms with Crippen molar-refractivity contribution in [2.45, 2.75) is 53.4 Å². The summed E-state index contributed by atoms with van der Waals surface area (Å²) in [6.45, 7) is 13.5. The molecule has 0 atom stereocenters. The molecular weight excluding hydrogens is 260 g/mol. The molecule has 0 saturated carbocycles. The maximum atomic E-state index is 9.01. The Morgan fingerprint density at radius 3 is 2.62 bits per heavy atom. The molecule has 118 valence electrons. The van der Waals surface area contributed by atoms with Gasteiger partial charge in [0.05, 0.1) is 6.61 Å². The number of anilines is 1. The fraction of sp³-hybridized carbons (Fsp3) is 0.611. The number of allylic oxidation sites excluding steroid dienone is 1. The highest BCUT2D eigenvalue weighted by molar-refractivity contribution is 5.55. The lowest BCUT2D eigenvalue weighted by Gasteiger charge is -2.31. The minimum Gasteiger partial charge on any atom is -0.395 e. The van der Waals surface area contributed by atoms with Crippen molar-refractivity contribution in [2.24, 2.45) is 5.92 Å². The molecule has 1 N–H and O–H groups in total. The molecule has 21 heavy (non-hydrogen) atoms. The number of aliphatic hydroxyl groups is 1. The zero-order valence-corrected chi connectivity index (χ0v) is 14.0. The van der Waals surface area contributed by atoms with Crippen LogP contribution in [0, 0.1) is 12.8 Å². The summed E-state index contributed by atoms with van der Waals surface area (Å²) in [6.07, 6.45) is 6.53. The third-order valence-electron chi connectivity index (χ3n) is 3.59. The summed E-state index contributed by atoms with van der Waals surface area (Å²) in [5, 5.41) is 9.01. The summed E-state index contributed by atoms with van der Waals surface area (Å²) in [5.74, 6) is 1.86. The van der Waals surface area contributed by atoms with Crippen molar-refractivity contribution in [3.63, 3.8) is 0 Å². The summed E-state index contributed by atoms with van der Waals surface area (Å²) in [6, 6.07) is 2.17. The van der Waals surface area contributed by atoms with E-state index in [1.165, 1.54) is 24.0 Å². The first kappa shape index (κ1) is 17.7. The van der Waals surface area contributed by atoms with Gasteiger partial charge in [-0.1, -0.05) is 46.3 Å². The van der Waals surface area contributed by atoms with Gasteiger partial charge in [0.1, 0.15) is 5.82 Å². The first-order valence-electron chi connectivity index (χ1n) is 8.01. The summed E-state index contributed by atoms with van der Waals surface area (Å²) in [7, 11) is 0. The van der Waals surface area contributed by atoms with Gasteiger partial charge in [0.15, 0.2) is 0 Å². The molecule has 2 rings (SSSR count). The van der Waals surface area contributed by atoms with Crippen molar-refractivity contribution in [3.8, 4) is 0 Å². The Hall–Kier alpha value is -1.35. The van der Waals surface area contributed by atoms with Crippen LogP contribution < -0.4 is 4.90 Å². The lowest BCUT2D eigenvalue weighted by molar-refractivity contribution is 0.303. The number of β-amino-alcohol motifs (C(OH)–C–C–N with tert-alkyl or cyclic N) is 1. The highest BCUT2D eigenvalue weighted by atomic mass is 16.3. The normalized spacial score (nSPS) is 13.8. The minimum absolute atomic E-state index is 0.133. The molecule has 2 heterocycles. The van der Waals surface area contributed by atoms with Crippen molar-refractivity contribution >= 4 is 5.82 Å². The third kappa shape index (κ3) is 5.50. The monoisotopic (exact) mass is 290 g/mol. The Kier molecular flexibility index (Phi) is 7.44. The molecule has 0 bridgehead atoms. The predicted octanol–water partition coefficient (Wildman–Crippen LogP) is 4.09. The number of pyridine rings is 1. The van der Waals surface area contributed by atoms with E-state index in [-0.39, 0.29) is 6.61 Å². The first-order chi connectivity index (χ1) is 9.99. The molecule has 0 aromatic carbocycles. The van der Waals surface area contributed by atoms with Gasteiger partial charge in [0, 0.05) is 18.4 Å². The molecule has 0 saturated heterocycles. The van der Waals surface area contributed by atoms with E-state index in [1.54, 1.807) is 0 Å². The van der Waals surface area contributed by atoms with E-state index in [0.29, 0.717) is 6.54 Å². The second-order valence-electron chi connectivity index (χ2n) is 6.12. The van der Waals surface area contributed by atoms with Crippen LogP contribution in [0.15, 0.2) is 24.5 Å². The fourth-order valence-corrected chi connectivity index (χ4v) is 2.55. The van der Waals surface area contributed by atoms with Crippen LogP contribution in [0.4, 0.5) is 5.82 Å². The predicted molar refractivity (Wildman–Crippen MR) is 90.6 cm³/mol. The van der Waals surface area contributed by atoms with E-state index in [0.717, 1.165) is 30.3 Å². The number of aliphatic hydroxyl groups excluding tert-OH is 1.